The van der Waals surface area contributed by atoms with Crippen molar-refractivity contribution in [2.45, 2.75) is 46.0 Å². The maximum atomic E-state index is 11.7. The van der Waals surface area contributed by atoms with Gasteiger partial charge in [0, 0.05) is 5.69 Å². The molecule has 0 aromatic heterocycles. The van der Waals surface area contributed by atoms with Crippen molar-refractivity contribution in [1.29, 1.82) is 0 Å². The zero-order chi connectivity index (χ0) is 14.0. The second-order valence-electron chi connectivity index (χ2n) is 6.46. The van der Waals surface area contributed by atoms with E-state index in [1.165, 1.54) is 5.19 Å². The van der Waals surface area contributed by atoms with Crippen LogP contribution in [0, 0.1) is 0 Å². The first-order valence-electron chi connectivity index (χ1n) is 6.18. The van der Waals surface area contributed by atoms with Crippen LogP contribution in [0.4, 0.5) is 10.5 Å². The summed E-state index contributed by atoms with van der Waals surface area (Å²) in [4.78, 5) is 11.7. The zero-order valence-corrected chi connectivity index (χ0v) is 13.1. The molecule has 0 heterocycles. The van der Waals surface area contributed by atoms with E-state index < -0.39 is 19.8 Å². The van der Waals surface area contributed by atoms with Gasteiger partial charge in [-0.2, -0.15) is 0 Å². The average molecular weight is 265 g/mol. The molecular weight excluding hydrogens is 242 g/mol. The van der Waals surface area contributed by atoms with Gasteiger partial charge in [0.25, 0.3) is 0 Å². The Bertz CT molecular complexity index is 430. The van der Waals surface area contributed by atoms with Crippen LogP contribution in [-0.2, 0) is 4.74 Å². The maximum absolute atomic E-state index is 11.7. The van der Waals surface area contributed by atoms with E-state index in [-0.39, 0.29) is 0 Å². The van der Waals surface area contributed by atoms with Crippen LogP contribution in [0.15, 0.2) is 24.3 Å². The summed E-state index contributed by atoms with van der Waals surface area (Å²) in [5.41, 5.74) is 0.324. The lowest BCUT2D eigenvalue weighted by atomic mass is 10.2. The van der Waals surface area contributed by atoms with Gasteiger partial charge in [-0.25, -0.2) is 4.79 Å². The summed E-state index contributed by atoms with van der Waals surface area (Å²) in [6.45, 7) is 12.4. The first kappa shape index (κ1) is 14.8. The Morgan fingerprint density at radius 2 is 1.83 bits per heavy atom. The van der Waals surface area contributed by atoms with E-state index in [0.29, 0.717) is 0 Å². The highest BCUT2D eigenvalue weighted by Gasteiger charge is 2.18. The molecule has 0 aliphatic carbocycles. The Hall–Kier alpha value is -1.29. The van der Waals surface area contributed by atoms with Gasteiger partial charge in [0.05, 0.1) is 8.07 Å². The molecule has 0 fully saturated rings. The quantitative estimate of drug-likeness (QED) is 0.830. The fourth-order valence-corrected chi connectivity index (χ4v) is 2.67. The number of benzene rings is 1. The smallest absolute Gasteiger partial charge is 0.412 e. The van der Waals surface area contributed by atoms with Gasteiger partial charge in [-0.1, -0.05) is 37.0 Å². The van der Waals surface area contributed by atoms with Gasteiger partial charge in [-0.3, -0.25) is 5.32 Å². The van der Waals surface area contributed by atoms with E-state index in [9.17, 15) is 4.79 Å². The molecule has 18 heavy (non-hydrogen) atoms. The van der Waals surface area contributed by atoms with Crippen molar-refractivity contribution >= 4 is 25.0 Å². The molecule has 3 nitrogen and oxygen atoms in total. The maximum Gasteiger partial charge on any atom is 0.412 e. The number of hydrogen-bond donors (Lipinski definition) is 1. The molecule has 0 bridgehead atoms. The van der Waals surface area contributed by atoms with Crippen LogP contribution < -0.4 is 10.5 Å². The monoisotopic (exact) mass is 265 g/mol. The highest BCUT2D eigenvalue weighted by molar-refractivity contribution is 6.88. The molecule has 0 saturated heterocycles. The third kappa shape index (κ3) is 4.92. The SMILES string of the molecule is CC(C)(C)OC(=O)Nc1cccc([Si](C)(C)C)c1. The number of carbonyl (C=O) groups excluding carboxylic acids is 1. The van der Waals surface area contributed by atoms with Crippen LogP contribution >= 0.6 is 0 Å². The van der Waals surface area contributed by atoms with Crippen molar-refractivity contribution in [3.8, 4) is 0 Å². The first-order chi connectivity index (χ1) is 8.08. The van der Waals surface area contributed by atoms with Gasteiger partial charge in [-0.05, 0) is 32.9 Å². The molecular formula is C14H23NO2Si. The highest BCUT2D eigenvalue weighted by atomic mass is 28.3. The van der Waals surface area contributed by atoms with E-state index in [2.05, 4.69) is 31.0 Å². The minimum Gasteiger partial charge on any atom is -0.444 e. The lowest BCUT2D eigenvalue weighted by Gasteiger charge is -2.21. The fourth-order valence-electron chi connectivity index (χ4n) is 1.48. The molecule has 1 aromatic rings. The summed E-state index contributed by atoms with van der Waals surface area (Å²) < 4.78 is 5.23. The molecule has 1 N–H and O–H groups in total. The van der Waals surface area contributed by atoms with Crippen LogP contribution in [0.25, 0.3) is 0 Å². The number of carbonyl (C=O) groups is 1. The summed E-state index contributed by atoms with van der Waals surface area (Å²) in [5.74, 6) is 0. The Morgan fingerprint density at radius 1 is 1.22 bits per heavy atom. The molecule has 0 aliphatic rings. The van der Waals surface area contributed by atoms with Crippen molar-refractivity contribution in [3.63, 3.8) is 0 Å². The van der Waals surface area contributed by atoms with Crippen molar-refractivity contribution in [1.82, 2.24) is 0 Å². The van der Waals surface area contributed by atoms with Crippen LogP contribution in [0.2, 0.25) is 19.6 Å². The van der Waals surface area contributed by atoms with Crippen molar-refractivity contribution in [3.05, 3.63) is 24.3 Å². The standard InChI is InChI=1S/C14H23NO2Si/c1-14(2,3)17-13(16)15-11-8-7-9-12(10-11)18(4,5)6/h7-10H,1-6H3,(H,15,16). The lowest BCUT2D eigenvalue weighted by molar-refractivity contribution is 0.0636. The largest absolute Gasteiger partial charge is 0.444 e. The van der Waals surface area contributed by atoms with E-state index in [4.69, 9.17) is 4.74 Å². The molecule has 0 radical (unpaired) electrons. The van der Waals surface area contributed by atoms with Gasteiger partial charge in [0.1, 0.15) is 5.60 Å². The number of rotatable bonds is 2. The average Bonchev–Trinajstić information content (AvgIpc) is 2.13. The number of ether oxygens (including phenoxy) is 1. The summed E-state index contributed by atoms with van der Waals surface area (Å²) in [7, 11) is -1.35. The Balaban J connectivity index is 2.77. The first-order valence-corrected chi connectivity index (χ1v) is 9.68. The normalized spacial score (nSPS) is 12.1. The Morgan fingerprint density at radius 3 is 2.33 bits per heavy atom. The second kappa shape index (κ2) is 5.14. The predicted octanol–water partition coefficient (Wildman–Crippen LogP) is 3.58. The minimum absolute atomic E-state index is 0.407. The number of anilines is 1. The van der Waals surface area contributed by atoms with Crippen molar-refractivity contribution < 1.29 is 9.53 Å². The summed E-state index contributed by atoms with van der Waals surface area (Å²) in [6, 6.07) is 8.01. The van der Waals surface area contributed by atoms with Crippen molar-refractivity contribution in [2.24, 2.45) is 0 Å². The number of nitrogens with one attached hydrogen (secondary N) is 1. The fraction of sp³-hybridized carbons (Fsp3) is 0.500. The number of amides is 1. The molecule has 4 heteroatoms. The van der Waals surface area contributed by atoms with E-state index in [1.807, 2.05) is 39.0 Å². The lowest BCUT2D eigenvalue weighted by Crippen LogP contribution is -2.37. The van der Waals surface area contributed by atoms with Crippen LogP contribution in [0.5, 0.6) is 0 Å². The van der Waals surface area contributed by atoms with E-state index in [1.54, 1.807) is 0 Å². The molecule has 0 spiro atoms. The molecule has 100 valence electrons. The zero-order valence-electron chi connectivity index (χ0n) is 12.1. The van der Waals surface area contributed by atoms with Gasteiger partial charge in [0.15, 0.2) is 0 Å². The van der Waals surface area contributed by atoms with Crippen molar-refractivity contribution in [2.75, 3.05) is 5.32 Å². The topological polar surface area (TPSA) is 38.3 Å². The third-order valence-corrected chi connectivity index (χ3v) is 4.42. The number of hydrogen-bond acceptors (Lipinski definition) is 2. The molecule has 0 unspecified atom stereocenters. The van der Waals surface area contributed by atoms with Crippen LogP contribution in [0.3, 0.4) is 0 Å². The predicted molar refractivity (Wildman–Crippen MR) is 79.3 cm³/mol. The summed E-state index contributed by atoms with van der Waals surface area (Å²) in [5, 5.41) is 4.09. The molecule has 1 amide bonds. The van der Waals surface area contributed by atoms with Crippen LogP contribution in [0.1, 0.15) is 20.8 Å². The van der Waals surface area contributed by atoms with Crippen LogP contribution in [-0.4, -0.2) is 19.8 Å². The molecule has 0 atom stereocenters. The van der Waals surface area contributed by atoms with E-state index >= 15 is 0 Å². The van der Waals surface area contributed by atoms with E-state index in [0.717, 1.165) is 5.69 Å². The highest BCUT2D eigenvalue weighted by Crippen LogP contribution is 2.12. The van der Waals surface area contributed by atoms with Gasteiger partial charge < -0.3 is 4.74 Å². The third-order valence-electron chi connectivity index (χ3n) is 2.37. The second-order valence-corrected chi connectivity index (χ2v) is 11.5. The molecule has 1 rings (SSSR count). The Labute approximate surface area is 111 Å². The van der Waals surface area contributed by atoms with Gasteiger partial charge in [-0.15, -0.1) is 0 Å². The van der Waals surface area contributed by atoms with Gasteiger partial charge in [0.2, 0.25) is 0 Å². The summed E-state index contributed by atoms with van der Waals surface area (Å²) >= 11 is 0. The van der Waals surface area contributed by atoms with Gasteiger partial charge >= 0.3 is 6.09 Å². The Kier molecular flexibility index (Phi) is 4.22. The minimum atomic E-state index is -1.35. The molecule has 0 saturated carbocycles. The molecule has 0 aliphatic heterocycles. The molecule has 1 aromatic carbocycles. The summed E-state index contributed by atoms with van der Waals surface area (Å²) in [6.07, 6.45) is -0.407.